The van der Waals surface area contributed by atoms with E-state index in [1.807, 2.05) is 44.2 Å². The molecule has 0 aliphatic carbocycles. The van der Waals surface area contributed by atoms with E-state index in [0.717, 1.165) is 14.7 Å². The molecule has 0 saturated heterocycles. The van der Waals surface area contributed by atoms with E-state index < -0.39 is 5.91 Å². The predicted octanol–water partition coefficient (Wildman–Crippen LogP) is 2.75. The Bertz CT molecular complexity index is 711. The molecule has 0 radical (unpaired) electrons. The summed E-state index contributed by atoms with van der Waals surface area (Å²) >= 11 is 2.06. The highest BCUT2D eigenvalue weighted by atomic mass is 127. The van der Waals surface area contributed by atoms with E-state index in [1.165, 1.54) is 0 Å². The average Bonchev–Trinajstić information content (AvgIpc) is 2.50. The Kier molecular flexibility index (Phi) is 5.97. The Morgan fingerprint density at radius 2 is 1.70 bits per heavy atom. The van der Waals surface area contributed by atoms with Gasteiger partial charge in [-0.2, -0.15) is 0 Å². The molecule has 0 heterocycles. The molecular weight excluding hydrogens is 407 g/mol. The third-order valence-electron chi connectivity index (χ3n) is 3.00. The van der Waals surface area contributed by atoms with Crippen molar-refractivity contribution in [2.75, 3.05) is 6.61 Å². The Hall–Kier alpha value is -2.09. The predicted molar refractivity (Wildman–Crippen MR) is 96.2 cm³/mol. The topological polar surface area (TPSA) is 67.4 Å². The summed E-state index contributed by atoms with van der Waals surface area (Å²) in [5.41, 5.74) is 7.34. The van der Waals surface area contributed by atoms with Crippen LogP contribution in [0.5, 0.6) is 5.75 Å². The monoisotopic (exact) mass is 424 g/mol. The number of hydrazine groups is 1. The van der Waals surface area contributed by atoms with Crippen LogP contribution in [0.1, 0.15) is 21.5 Å². The number of hydrogen-bond donors (Lipinski definition) is 2. The van der Waals surface area contributed by atoms with Crippen molar-refractivity contribution in [3.05, 3.63) is 62.7 Å². The minimum absolute atomic E-state index is 0.172. The first-order valence-corrected chi connectivity index (χ1v) is 8.08. The highest BCUT2D eigenvalue weighted by Crippen LogP contribution is 2.16. The van der Waals surface area contributed by atoms with Gasteiger partial charge in [-0.15, -0.1) is 0 Å². The van der Waals surface area contributed by atoms with Gasteiger partial charge in [0.2, 0.25) is 0 Å². The van der Waals surface area contributed by atoms with Crippen LogP contribution in [0.2, 0.25) is 0 Å². The van der Waals surface area contributed by atoms with Crippen LogP contribution in [0.15, 0.2) is 42.5 Å². The lowest BCUT2D eigenvalue weighted by Gasteiger charge is -2.10. The number of rotatable bonds is 4. The number of nitrogens with one attached hydrogen (secondary N) is 2. The fourth-order valence-corrected chi connectivity index (χ4v) is 2.67. The van der Waals surface area contributed by atoms with Gasteiger partial charge in [-0.05, 0) is 71.8 Å². The number of benzene rings is 2. The fraction of sp³-hybridized carbons (Fsp3) is 0.176. The largest absolute Gasteiger partial charge is 0.484 e. The van der Waals surface area contributed by atoms with Gasteiger partial charge in [-0.1, -0.05) is 18.2 Å². The molecule has 6 heteroatoms. The molecule has 5 nitrogen and oxygen atoms in total. The summed E-state index contributed by atoms with van der Waals surface area (Å²) in [6.07, 6.45) is 0. The van der Waals surface area contributed by atoms with Gasteiger partial charge in [0.15, 0.2) is 6.61 Å². The highest BCUT2D eigenvalue weighted by molar-refractivity contribution is 14.1. The van der Waals surface area contributed by atoms with Crippen LogP contribution >= 0.6 is 22.6 Å². The molecule has 2 aromatic rings. The maximum absolute atomic E-state index is 12.0. The first-order chi connectivity index (χ1) is 11.0. The SMILES string of the molecule is Cc1cc(C)cc(OCC(=O)NNC(=O)c2ccccc2I)c1. The molecule has 2 aromatic carbocycles. The van der Waals surface area contributed by atoms with Crippen molar-refractivity contribution in [3.8, 4) is 5.75 Å². The van der Waals surface area contributed by atoms with Crippen molar-refractivity contribution in [1.29, 1.82) is 0 Å². The summed E-state index contributed by atoms with van der Waals surface area (Å²) < 4.78 is 6.24. The molecule has 2 amide bonds. The summed E-state index contributed by atoms with van der Waals surface area (Å²) in [7, 11) is 0. The van der Waals surface area contributed by atoms with E-state index in [0.29, 0.717) is 11.3 Å². The van der Waals surface area contributed by atoms with Crippen LogP contribution in [0.4, 0.5) is 0 Å². The van der Waals surface area contributed by atoms with Crippen molar-refractivity contribution in [3.63, 3.8) is 0 Å². The number of halogens is 1. The van der Waals surface area contributed by atoms with E-state index in [9.17, 15) is 9.59 Å². The highest BCUT2D eigenvalue weighted by Gasteiger charge is 2.10. The lowest BCUT2D eigenvalue weighted by molar-refractivity contribution is -0.123. The standard InChI is InChI=1S/C17H17IN2O3/c1-11-7-12(2)9-13(8-11)23-10-16(21)19-20-17(22)14-5-3-4-6-15(14)18/h3-9H,10H2,1-2H3,(H,19,21)(H,20,22). The van der Waals surface area contributed by atoms with E-state index >= 15 is 0 Å². The van der Waals surface area contributed by atoms with Crippen LogP contribution < -0.4 is 15.6 Å². The molecule has 120 valence electrons. The number of carbonyl (C=O) groups excluding carboxylic acids is 2. The van der Waals surface area contributed by atoms with Gasteiger partial charge in [0.25, 0.3) is 11.8 Å². The van der Waals surface area contributed by atoms with Gasteiger partial charge in [0.1, 0.15) is 5.75 Å². The van der Waals surface area contributed by atoms with Gasteiger partial charge < -0.3 is 4.74 Å². The zero-order valence-corrected chi connectivity index (χ0v) is 15.0. The molecule has 2 rings (SSSR count). The minimum atomic E-state index is -0.427. The molecule has 0 unspecified atom stereocenters. The first kappa shape index (κ1) is 17.3. The first-order valence-electron chi connectivity index (χ1n) is 7.00. The molecule has 0 fully saturated rings. The zero-order valence-electron chi connectivity index (χ0n) is 12.9. The molecule has 0 aromatic heterocycles. The number of ether oxygens (including phenoxy) is 1. The summed E-state index contributed by atoms with van der Waals surface area (Å²) in [5, 5.41) is 0. The number of carbonyl (C=O) groups is 2. The molecule has 0 atom stereocenters. The number of amides is 2. The van der Waals surface area contributed by atoms with Crippen molar-refractivity contribution in [2.24, 2.45) is 0 Å². The molecule has 0 bridgehead atoms. The van der Waals surface area contributed by atoms with E-state index in [2.05, 4.69) is 33.4 Å². The van der Waals surface area contributed by atoms with E-state index in [4.69, 9.17) is 4.74 Å². The average molecular weight is 424 g/mol. The van der Waals surface area contributed by atoms with Gasteiger partial charge in [0.05, 0.1) is 5.56 Å². The van der Waals surface area contributed by atoms with Crippen molar-refractivity contribution >= 4 is 34.4 Å². The minimum Gasteiger partial charge on any atom is -0.484 e. The van der Waals surface area contributed by atoms with Crippen LogP contribution in [0, 0.1) is 17.4 Å². The molecule has 0 aliphatic rings. The van der Waals surface area contributed by atoms with Crippen molar-refractivity contribution in [2.45, 2.75) is 13.8 Å². The second-order valence-corrected chi connectivity index (χ2v) is 6.26. The lowest BCUT2D eigenvalue weighted by atomic mass is 10.1. The second-order valence-electron chi connectivity index (χ2n) is 5.09. The Morgan fingerprint density at radius 3 is 2.35 bits per heavy atom. The van der Waals surface area contributed by atoms with Gasteiger partial charge in [0, 0.05) is 3.57 Å². The Labute approximate surface area is 148 Å². The summed E-state index contributed by atoms with van der Waals surface area (Å²) in [6.45, 7) is 3.75. The maximum Gasteiger partial charge on any atom is 0.276 e. The van der Waals surface area contributed by atoms with Crippen LogP contribution in [-0.2, 0) is 4.79 Å². The Balaban J connectivity index is 1.83. The van der Waals surface area contributed by atoms with Crippen LogP contribution in [0.3, 0.4) is 0 Å². The maximum atomic E-state index is 12.0. The number of aryl methyl sites for hydroxylation is 2. The molecule has 0 saturated carbocycles. The Morgan fingerprint density at radius 1 is 1.04 bits per heavy atom. The quantitative estimate of drug-likeness (QED) is 0.586. The smallest absolute Gasteiger partial charge is 0.276 e. The van der Waals surface area contributed by atoms with Gasteiger partial charge >= 0.3 is 0 Å². The van der Waals surface area contributed by atoms with Gasteiger partial charge in [-0.25, -0.2) is 0 Å². The molecule has 2 N–H and O–H groups in total. The van der Waals surface area contributed by atoms with E-state index in [-0.39, 0.29) is 12.5 Å². The summed E-state index contributed by atoms with van der Waals surface area (Å²) in [4.78, 5) is 23.7. The van der Waals surface area contributed by atoms with Gasteiger partial charge in [-0.3, -0.25) is 20.4 Å². The van der Waals surface area contributed by atoms with Crippen molar-refractivity contribution < 1.29 is 14.3 Å². The molecular formula is C17H17IN2O3. The third-order valence-corrected chi connectivity index (χ3v) is 3.94. The molecule has 0 aliphatic heterocycles. The number of hydrogen-bond acceptors (Lipinski definition) is 3. The van der Waals surface area contributed by atoms with E-state index in [1.54, 1.807) is 12.1 Å². The fourth-order valence-electron chi connectivity index (χ4n) is 2.04. The molecule has 23 heavy (non-hydrogen) atoms. The zero-order chi connectivity index (χ0) is 16.8. The summed E-state index contributed by atoms with van der Waals surface area (Å²) in [5.74, 6) is -0.167. The molecule has 0 spiro atoms. The normalized spacial score (nSPS) is 10.0. The summed E-state index contributed by atoms with van der Waals surface area (Å²) in [6, 6.07) is 12.8. The second kappa shape index (κ2) is 7.96. The third kappa shape index (κ3) is 5.24. The van der Waals surface area contributed by atoms with Crippen LogP contribution in [-0.4, -0.2) is 18.4 Å². The lowest BCUT2D eigenvalue weighted by Crippen LogP contribution is -2.44. The van der Waals surface area contributed by atoms with Crippen molar-refractivity contribution in [1.82, 2.24) is 10.9 Å². The van der Waals surface area contributed by atoms with Crippen LogP contribution in [0.25, 0.3) is 0 Å².